The Kier molecular flexibility index (Phi) is 4.09. The van der Waals surface area contributed by atoms with Crippen LogP contribution in [0.3, 0.4) is 0 Å². The molecule has 0 unspecified atom stereocenters. The second-order valence-electron chi connectivity index (χ2n) is 5.61. The lowest BCUT2D eigenvalue weighted by molar-refractivity contribution is 0.574. The molecule has 0 fully saturated rings. The van der Waals surface area contributed by atoms with Gasteiger partial charge in [-0.3, -0.25) is 0 Å². The largest absolute Gasteiger partial charge is 0.306 e. The van der Waals surface area contributed by atoms with E-state index in [9.17, 15) is 0 Å². The summed E-state index contributed by atoms with van der Waals surface area (Å²) >= 11 is 5.92. The van der Waals surface area contributed by atoms with Crippen LogP contribution >= 0.6 is 11.6 Å². The molecular formula is C18H20ClN. The number of benzene rings is 2. The van der Waals surface area contributed by atoms with Crippen molar-refractivity contribution in [3.05, 3.63) is 69.7 Å². The van der Waals surface area contributed by atoms with E-state index >= 15 is 0 Å². The van der Waals surface area contributed by atoms with Crippen LogP contribution in [-0.4, -0.2) is 0 Å². The summed E-state index contributed by atoms with van der Waals surface area (Å²) < 4.78 is 0. The minimum Gasteiger partial charge on any atom is -0.306 e. The quantitative estimate of drug-likeness (QED) is 0.860. The molecule has 0 saturated carbocycles. The van der Waals surface area contributed by atoms with Gasteiger partial charge >= 0.3 is 0 Å². The highest BCUT2D eigenvalue weighted by molar-refractivity contribution is 6.30. The second-order valence-corrected chi connectivity index (χ2v) is 6.05. The van der Waals surface area contributed by atoms with Gasteiger partial charge in [-0.05, 0) is 60.6 Å². The van der Waals surface area contributed by atoms with Gasteiger partial charge in [-0.25, -0.2) is 0 Å². The Bertz CT molecular complexity index is 589. The van der Waals surface area contributed by atoms with E-state index in [0.29, 0.717) is 6.04 Å². The lowest BCUT2D eigenvalue weighted by atomic mass is 10.1. The molecule has 0 amide bonds. The van der Waals surface area contributed by atoms with Crippen molar-refractivity contribution in [2.24, 2.45) is 0 Å². The fourth-order valence-corrected chi connectivity index (χ4v) is 3.00. The van der Waals surface area contributed by atoms with Crippen LogP contribution in [0.25, 0.3) is 0 Å². The molecule has 3 rings (SSSR count). The standard InChI is InChI=1S/C18H20ClN/c1-13(15-7-9-18(19)10-8-15)20-12-14-5-6-16-3-2-4-17(16)11-14/h5-11,13,20H,2-4,12H2,1H3/t13-/m0/s1. The van der Waals surface area contributed by atoms with E-state index in [1.165, 1.54) is 30.4 Å². The minimum atomic E-state index is 0.334. The third-order valence-electron chi connectivity index (χ3n) is 4.15. The second kappa shape index (κ2) is 5.99. The van der Waals surface area contributed by atoms with Crippen molar-refractivity contribution in [2.75, 3.05) is 0 Å². The van der Waals surface area contributed by atoms with E-state index in [4.69, 9.17) is 11.6 Å². The van der Waals surface area contributed by atoms with Crippen molar-refractivity contribution in [2.45, 2.75) is 38.8 Å². The van der Waals surface area contributed by atoms with Crippen LogP contribution in [0.15, 0.2) is 42.5 Å². The van der Waals surface area contributed by atoms with Gasteiger partial charge in [0, 0.05) is 17.6 Å². The first-order valence-electron chi connectivity index (χ1n) is 7.32. The first kappa shape index (κ1) is 13.7. The van der Waals surface area contributed by atoms with Gasteiger partial charge in [0.05, 0.1) is 0 Å². The van der Waals surface area contributed by atoms with E-state index < -0.39 is 0 Å². The fraction of sp³-hybridized carbons (Fsp3) is 0.333. The number of hydrogen-bond donors (Lipinski definition) is 1. The van der Waals surface area contributed by atoms with Crippen LogP contribution < -0.4 is 5.32 Å². The molecule has 0 spiro atoms. The molecule has 1 aliphatic carbocycles. The Balaban J connectivity index is 1.63. The lowest BCUT2D eigenvalue weighted by Crippen LogP contribution is -2.18. The normalized spacial score (nSPS) is 15.1. The lowest BCUT2D eigenvalue weighted by Gasteiger charge is -2.15. The van der Waals surface area contributed by atoms with Crippen molar-refractivity contribution < 1.29 is 0 Å². The van der Waals surface area contributed by atoms with E-state index in [2.05, 4.69) is 42.6 Å². The molecule has 2 heteroatoms. The number of hydrogen-bond acceptors (Lipinski definition) is 1. The van der Waals surface area contributed by atoms with Crippen molar-refractivity contribution in [3.63, 3.8) is 0 Å². The van der Waals surface area contributed by atoms with E-state index in [1.54, 1.807) is 11.1 Å². The number of rotatable bonds is 4. The van der Waals surface area contributed by atoms with Crippen LogP contribution in [-0.2, 0) is 19.4 Å². The van der Waals surface area contributed by atoms with Gasteiger partial charge in [0.1, 0.15) is 0 Å². The van der Waals surface area contributed by atoms with E-state index in [0.717, 1.165) is 11.6 Å². The number of fused-ring (bicyclic) bond motifs is 1. The number of halogens is 1. The average molecular weight is 286 g/mol. The van der Waals surface area contributed by atoms with Gasteiger partial charge in [-0.1, -0.05) is 41.9 Å². The van der Waals surface area contributed by atoms with Crippen LogP contribution in [0.4, 0.5) is 0 Å². The zero-order valence-corrected chi connectivity index (χ0v) is 12.6. The summed E-state index contributed by atoms with van der Waals surface area (Å²) in [6.45, 7) is 3.10. The molecule has 1 N–H and O–H groups in total. The Morgan fingerprint density at radius 2 is 1.80 bits per heavy atom. The average Bonchev–Trinajstić information content (AvgIpc) is 2.93. The molecule has 0 aliphatic heterocycles. The predicted octanol–water partition coefficient (Wildman–Crippen LogP) is 4.68. The van der Waals surface area contributed by atoms with Crippen LogP contribution in [0, 0.1) is 0 Å². The topological polar surface area (TPSA) is 12.0 Å². The Morgan fingerprint density at radius 1 is 1.05 bits per heavy atom. The fourth-order valence-electron chi connectivity index (χ4n) is 2.88. The van der Waals surface area contributed by atoms with Crippen LogP contribution in [0.5, 0.6) is 0 Å². The highest BCUT2D eigenvalue weighted by atomic mass is 35.5. The van der Waals surface area contributed by atoms with E-state index in [-0.39, 0.29) is 0 Å². The summed E-state index contributed by atoms with van der Waals surface area (Å²) in [5.41, 5.74) is 5.74. The maximum atomic E-state index is 5.92. The summed E-state index contributed by atoms with van der Waals surface area (Å²) in [5.74, 6) is 0. The minimum absolute atomic E-state index is 0.334. The maximum absolute atomic E-state index is 5.92. The highest BCUT2D eigenvalue weighted by Gasteiger charge is 2.11. The zero-order valence-electron chi connectivity index (χ0n) is 11.8. The molecule has 1 nitrogen and oxygen atoms in total. The summed E-state index contributed by atoms with van der Waals surface area (Å²) in [7, 11) is 0. The van der Waals surface area contributed by atoms with Crippen molar-refractivity contribution in [1.82, 2.24) is 5.32 Å². The first-order chi connectivity index (χ1) is 9.72. The molecule has 20 heavy (non-hydrogen) atoms. The third-order valence-corrected chi connectivity index (χ3v) is 4.40. The van der Waals surface area contributed by atoms with Crippen LogP contribution in [0.2, 0.25) is 5.02 Å². The summed E-state index contributed by atoms with van der Waals surface area (Å²) in [4.78, 5) is 0. The molecule has 1 atom stereocenters. The Hall–Kier alpha value is -1.31. The van der Waals surface area contributed by atoms with Gasteiger partial charge in [0.25, 0.3) is 0 Å². The van der Waals surface area contributed by atoms with Gasteiger partial charge in [-0.15, -0.1) is 0 Å². The highest BCUT2D eigenvalue weighted by Crippen LogP contribution is 2.23. The number of nitrogens with one attached hydrogen (secondary N) is 1. The molecule has 2 aromatic rings. The van der Waals surface area contributed by atoms with Crippen molar-refractivity contribution in [3.8, 4) is 0 Å². The maximum Gasteiger partial charge on any atom is 0.0406 e. The van der Waals surface area contributed by atoms with Gasteiger partial charge < -0.3 is 5.32 Å². The summed E-state index contributed by atoms with van der Waals surface area (Å²) in [5, 5.41) is 4.37. The predicted molar refractivity (Wildman–Crippen MR) is 85.2 cm³/mol. The van der Waals surface area contributed by atoms with Gasteiger partial charge in [0.2, 0.25) is 0 Å². The molecule has 0 radical (unpaired) electrons. The first-order valence-corrected chi connectivity index (χ1v) is 7.70. The number of aryl methyl sites for hydroxylation is 2. The molecule has 0 bridgehead atoms. The smallest absolute Gasteiger partial charge is 0.0406 e. The molecule has 2 aromatic carbocycles. The summed E-state index contributed by atoms with van der Waals surface area (Å²) in [6, 6.07) is 15.3. The monoisotopic (exact) mass is 285 g/mol. The van der Waals surface area contributed by atoms with Crippen molar-refractivity contribution >= 4 is 11.6 Å². The van der Waals surface area contributed by atoms with Gasteiger partial charge in [0.15, 0.2) is 0 Å². The molecule has 0 aromatic heterocycles. The van der Waals surface area contributed by atoms with Gasteiger partial charge in [-0.2, -0.15) is 0 Å². The third kappa shape index (κ3) is 3.05. The Morgan fingerprint density at radius 3 is 2.60 bits per heavy atom. The molecule has 1 aliphatic rings. The van der Waals surface area contributed by atoms with Crippen molar-refractivity contribution in [1.29, 1.82) is 0 Å². The molecule has 104 valence electrons. The molecule has 0 saturated heterocycles. The Labute approximate surface area is 126 Å². The van der Waals surface area contributed by atoms with Crippen LogP contribution in [0.1, 0.15) is 41.6 Å². The molecule has 0 heterocycles. The SMILES string of the molecule is C[C@H](NCc1ccc2c(c1)CCC2)c1ccc(Cl)cc1. The molecular weight excluding hydrogens is 266 g/mol. The zero-order chi connectivity index (χ0) is 13.9. The van der Waals surface area contributed by atoms with E-state index in [1.807, 2.05) is 12.1 Å². The summed E-state index contributed by atoms with van der Waals surface area (Å²) in [6.07, 6.45) is 3.81.